The Morgan fingerprint density at radius 1 is 1.00 bits per heavy atom. The Labute approximate surface area is 244 Å². The van der Waals surface area contributed by atoms with Gasteiger partial charge in [-0.15, -0.1) is 0 Å². The van der Waals surface area contributed by atoms with Gasteiger partial charge >= 0.3 is 23.9 Å². The van der Waals surface area contributed by atoms with Crippen molar-refractivity contribution in [2.45, 2.75) is 56.6 Å². The SMILES string of the molecule is NC1CC1.O=C(O)C(F)(F)F.O=C(O)N[C@H](COCc1ccccc1)C(=O)N1CCC(n2c(=O)[nH]c3ccccc32)CC1. The van der Waals surface area contributed by atoms with Crippen molar-refractivity contribution in [3.63, 3.8) is 0 Å². The summed E-state index contributed by atoms with van der Waals surface area (Å²) in [5.41, 5.74) is 7.65. The highest BCUT2D eigenvalue weighted by Gasteiger charge is 2.38. The van der Waals surface area contributed by atoms with Crippen molar-refractivity contribution in [2.24, 2.45) is 5.73 Å². The first-order valence-electron chi connectivity index (χ1n) is 13.5. The third-order valence-corrected chi connectivity index (χ3v) is 6.62. The zero-order chi connectivity index (χ0) is 31.6. The van der Waals surface area contributed by atoms with E-state index < -0.39 is 24.3 Å². The number of likely N-dealkylation sites (tertiary alicyclic amines) is 1. The van der Waals surface area contributed by atoms with Crippen molar-refractivity contribution < 1.29 is 42.5 Å². The molecule has 1 saturated carbocycles. The number of nitrogens with one attached hydrogen (secondary N) is 2. The Morgan fingerprint density at radius 2 is 1.56 bits per heavy atom. The Morgan fingerprint density at radius 3 is 2.09 bits per heavy atom. The molecule has 1 aromatic heterocycles. The standard InChI is InChI=1S/C23H26N4O5.C3H7N.C2HF3O2/c28-21(19(25-23(30)31)15-32-14-16-6-2-1-3-7-16)26-12-10-17(11-13-26)27-20-9-5-4-8-18(20)24-22(27)29;4-3-1-2-3;3-2(4,5)1(6)7/h1-9,17,19,25H,10-15H2,(H,24,29)(H,30,31);3H,1-2,4H2;(H,6,7)/t19-;;/m1../s1. The lowest BCUT2D eigenvalue weighted by molar-refractivity contribution is -0.192. The van der Waals surface area contributed by atoms with E-state index in [-0.39, 0.29) is 30.9 Å². The number of carboxylic acids is 1. The highest BCUT2D eigenvalue weighted by molar-refractivity contribution is 5.85. The van der Waals surface area contributed by atoms with Crippen LogP contribution in [-0.4, -0.2) is 80.6 Å². The lowest BCUT2D eigenvalue weighted by Crippen LogP contribution is -2.52. The zero-order valence-corrected chi connectivity index (χ0v) is 23.1. The van der Waals surface area contributed by atoms with Gasteiger partial charge in [-0.1, -0.05) is 42.5 Å². The first kappa shape index (κ1) is 33.1. The Bertz CT molecular complexity index is 1420. The van der Waals surface area contributed by atoms with E-state index in [1.165, 1.54) is 12.8 Å². The molecule has 1 saturated heterocycles. The van der Waals surface area contributed by atoms with Crippen LogP contribution in [0.5, 0.6) is 0 Å². The summed E-state index contributed by atoms with van der Waals surface area (Å²) >= 11 is 0. The number of nitrogens with two attached hydrogens (primary N) is 1. The minimum absolute atomic E-state index is 0.0251. The van der Waals surface area contributed by atoms with Gasteiger partial charge in [0.05, 0.1) is 24.2 Å². The number of nitrogens with zero attached hydrogens (tertiary/aromatic N) is 2. The smallest absolute Gasteiger partial charge is 0.475 e. The second-order valence-corrected chi connectivity index (χ2v) is 10.0. The van der Waals surface area contributed by atoms with Gasteiger partial charge < -0.3 is 35.9 Å². The van der Waals surface area contributed by atoms with Crippen LogP contribution in [0, 0.1) is 0 Å². The summed E-state index contributed by atoms with van der Waals surface area (Å²) in [5, 5.41) is 18.6. The molecular formula is C28H34F3N5O7. The van der Waals surface area contributed by atoms with Crippen molar-refractivity contribution in [1.82, 2.24) is 19.8 Å². The number of halogens is 3. The monoisotopic (exact) mass is 609 g/mol. The second kappa shape index (κ2) is 15.2. The normalized spacial score (nSPS) is 15.9. The van der Waals surface area contributed by atoms with Crippen LogP contribution >= 0.6 is 0 Å². The number of hydrogen-bond donors (Lipinski definition) is 5. The molecule has 5 rings (SSSR count). The number of benzene rings is 2. The van der Waals surface area contributed by atoms with E-state index in [1.807, 2.05) is 54.6 Å². The lowest BCUT2D eigenvalue weighted by Gasteiger charge is -2.34. The van der Waals surface area contributed by atoms with Crippen LogP contribution in [0.2, 0.25) is 0 Å². The van der Waals surface area contributed by atoms with Gasteiger partial charge in [-0.25, -0.2) is 14.4 Å². The number of para-hydroxylation sites is 2. The summed E-state index contributed by atoms with van der Waals surface area (Å²) in [5.74, 6) is -3.07. The van der Waals surface area contributed by atoms with Crippen LogP contribution in [-0.2, 0) is 20.9 Å². The Hall–Kier alpha value is -4.37. The number of ether oxygens (including phenoxy) is 1. The molecule has 6 N–H and O–H groups in total. The average molecular weight is 610 g/mol. The van der Waals surface area contributed by atoms with Gasteiger partial charge in [0.25, 0.3) is 0 Å². The number of rotatable bonds is 7. The predicted molar refractivity (Wildman–Crippen MR) is 149 cm³/mol. The molecule has 0 radical (unpaired) electrons. The van der Waals surface area contributed by atoms with E-state index in [1.54, 1.807) is 9.47 Å². The lowest BCUT2D eigenvalue weighted by atomic mass is 10.0. The van der Waals surface area contributed by atoms with Crippen LogP contribution < -0.4 is 16.7 Å². The number of aliphatic carboxylic acids is 1. The summed E-state index contributed by atoms with van der Waals surface area (Å²) in [6.07, 6.45) is -2.61. The van der Waals surface area contributed by atoms with Crippen molar-refractivity contribution in [1.29, 1.82) is 0 Å². The van der Waals surface area contributed by atoms with E-state index >= 15 is 0 Å². The summed E-state index contributed by atoms with van der Waals surface area (Å²) in [7, 11) is 0. The van der Waals surface area contributed by atoms with E-state index in [9.17, 15) is 27.6 Å². The molecule has 2 aromatic carbocycles. The number of carbonyl (C=O) groups is 3. The number of aromatic amines is 1. The van der Waals surface area contributed by atoms with Crippen LogP contribution in [0.4, 0.5) is 18.0 Å². The van der Waals surface area contributed by atoms with E-state index in [0.29, 0.717) is 32.0 Å². The molecule has 1 aliphatic heterocycles. The van der Waals surface area contributed by atoms with E-state index in [0.717, 1.165) is 16.6 Å². The number of imidazole rings is 1. The van der Waals surface area contributed by atoms with Gasteiger partial charge in [-0.2, -0.15) is 13.2 Å². The largest absolute Gasteiger partial charge is 0.490 e. The number of fused-ring (bicyclic) bond motifs is 1. The van der Waals surface area contributed by atoms with Crippen molar-refractivity contribution in [2.75, 3.05) is 19.7 Å². The molecule has 0 unspecified atom stereocenters. The molecule has 1 aliphatic carbocycles. The number of carbonyl (C=O) groups excluding carboxylic acids is 1. The third-order valence-electron chi connectivity index (χ3n) is 6.62. The Balaban J connectivity index is 0.000000388. The predicted octanol–water partition coefficient (Wildman–Crippen LogP) is 3.09. The first-order valence-corrected chi connectivity index (χ1v) is 13.5. The fourth-order valence-electron chi connectivity index (χ4n) is 4.29. The number of aromatic nitrogens is 2. The maximum Gasteiger partial charge on any atom is 0.490 e. The summed E-state index contributed by atoms with van der Waals surface area (Å²) < 4.78 is 39.1. The van der Waals surface area contributed by atoms with E-state index in [4.69, 9.17) is 25.5 Å². The summed E-state index contributed by atoms with van der Waals surface area (Å²) in [6, 6.07) is 16.6. The molecule has 43 heavy (non-hydrogen) atoms. The molecule has 2 heterocycles. The fourth-order valence-corrected chi connectivity index (χ4v) is 4.29. The molecule has 12 nitrogen and oxygen atoms in total. The molecule has 15 heteroatoms. The molecule has 2 amide bonds. The van der Waals surface area contributed by atoms with Gasteiger partial charge in [-0.05, 0) is 43.4 Å². The quantitative estimate of drug-likeness (QED) is 0.271. The van der Waals surface area contributed by atoms with E-state index in [2.05, 4.69) is 10.3 Å². The van der Waals surface area contributed by atoms with Crippen molar-refractivity contribution in [3.8, 4) is 0 Å². The molecule has 0 bridgehead atoms. The fraction of sp³-hybridized carbons (Fsp3) is 0.429. The molecule has 0 spiro atoms. The zero-order valence-electron chi connectivity index (χ0n) is 23.1. The average Bonchev–Trinajstić information content (AvgIpc) is 3.68. The van der Waals surface area contributed by atoms with Gasteiger partial charge in [0.2, 0.25) is 5.91 Å². The first-order chi connectivity index (χ1) is 20.4. The van der Waals surface area contributed by atoms with Crippen LogP contribution in [0.15, 0.2) is 59.4 Å². The molecule has 2 aliphatic rings. The molecular weight excluding hydrogens is 575 g/mol. The van der Waals surface area contributed by atoms with Gasteiger partial charge in [0, 0.05) is 25.2 Å². The highest BCUT2D eigenvalue weighted by atomic mass is 19.4. The number of carboxylic acid groups (broad SMARTS) is 2. The minimum atomic E-state index is -5.08. The molecule has 1 atom stereocenters. The second-order valence-electron chi connectivity index (χ2n) is 10.0. The summed E-state index contributed by atoms with van der Waals surface area (Å²) in [6.45, 7) is 1.11. The Kier molecular flexibility index (Phi) is 11.7. The van der Waals surface area contributed by atoms with Crippen LogP contribution in [0.1, 0.15) is 37.3 Å². The maximum atomic E-state index is 13.0. The number of hydrogen-bond acceptors (Lipinski definition) is 6. The van der Waals surface area contributed by atoms with Crippen molar-refractivity contribution in [3.05, 3.63) is 70.6 Å². The van der Waals surface area contributed by atoms with Gasteiger partial charge in [0.15, 0.2) is 0 Å². The highest BCUT2D eigenvalue weighted by Crippen LogP contribution is 2.25. The van der Waals surface area contributed by atoms with Crippen molar-refractivity contribution >= 4 is 29.0 Å². The molecule has 2 fully saturated rings. The topological polar surface area (TPSA) is 180 Å². The number of H-pyrrole nitrogens is 1. The van der Waals surface area contributed by atoms with Gasteiger partial charge in [-0.3, -0.25) is 9.36 Å². The number of piperidine rings is 1. The third kappa shape index (κ3) is 10.4. The van der Waals surface area contributed by atoms with Crippen LogP contribution in [0.25, 0.3) is 11.0 Å². The van der Waals surface area contributed by atoms with Gasteiger partial charge in [0.1, 0.15) is 6.04 Å². The number of alkyl halides is 3. The number of amides is 2. The summed E-state index contributed by atoms with van der Waals surface area (Å²) in [4.78, 5) is 50.1. The maximum absolute atomic E-state index is 13.0. The molecule has 3 aromatic rings. The minimum Gasteiger partial charge on any atom is -0.475 e. The van der Waals surface area contributed by atoms with Crippen LogP contribution in [0.3, 0.4) is 0 Å². The molecule has 234 valence electrons.